The summed E-state index contributed by atoms with van der Waals surface area (Å²) in [7, 11) is 0. The van der Waals surface area contributed by atoms with Gasteiger partial charge >= 0.3 is 0 Å². The quantitative estimate of drug-likeness (QED) is 0.762. The third-order valence-corrected chi connectivity index (χ3v) is 4.10. The lowest BCUT2D eigenvalue weighted by Crippen LogP contribution is -2.53. The Kier molecular flexibility index (Phi) is 4.09. The van der Waals surface area contributed by atoms with Gasteiger partial charge in [-0.2, -0.15) is 0 Å². The van der Waals surface area contributed by atoms with Gasteiger partial charge in [-0.3, -0.25) is 0 Å². The van der Waals surface area contributed by atoms with E-state index in [1.165, 1.54) is 24.0 Å². The van der Waals surface area contributed by atoms with E-state index >= 15 is 0 Å². The van der Waals surface area contributed by atoms with Crippen LogP contribution in [0.2, 0.25) is 6.32 Å². The Labute approximate surface area is 127 Å². The molecule has 1 aliphatic rings. The maximum absolute atomic E-state index is 4.80. The Morgan fingerprint density at radius 1 is 1.00 bits per heavy atom. The van der Waals surface area contributed by atoms with Gasteiger partial charge < -0.3 is 4.81 Å². The molecular formula is C18H21BN2. The summed E-state index contributed by atoms with van der Waals surface area (Å²) < 4.78 is 0. The fraction of sp³-hybridized carbons (Fsp3) is 0.278. The number of hydrogen-bond acceptors (Lipinski definition) is 2. The first kappa shape index (κ1) is 13.9. The van der Waals surface area contributed by atoms with Crippen LogP contribution in [-0.4, -0.2) is 12.7 Å². The lowest BCUT2D eigenvalue weighted by atomic mass is 9.49. The van der Waals surface area contributed by atoms with Crippen molar-refractivity contribution < 1.29 is 0 Å². The molecule has 0 atom stereocenters. The van der Waals surface area contributed by atoms with Crippen LogP contribution in [0.4, 0.5) is 11.4 Å². The molecule has 0 saturated heterocycles. The fourth-order valence-corrected chi connectivity index (χ4v) is 3.10. The minimum absolute atomic E-state index is 0.390. The van der Waals surface area contributed by atoms with Gasteiger partial charge in [0.15, 0.2) is 0 Å². The minimum Gasteiger partial charge on any atom is -0.370 e. The number of unbranched alkanes of at least 4 members (excludes halogenated alkanes) is 1. The van der Waals surface area contributed by atoms with E-state index in [0.29, 0.717) is 6.85 Å². The average molecular weight is 276 g/mol. The van der Waals surface area contributed by atoms with Crippen molar-refractivity contribution in [3.8, 4) is 0 Å². The van der Waals surface area contributed by atoms with Gasteiger partial charge in [-0.1, -0.05) is 56.2 Å². The summed E-state index contributed by atoms with van der Waals surface area (Å²) in [5.41, 5.74) is 3.71. The van der Waals surface area contributed by atoms with E-state index in [-0.39, 0.29) is 0 Å². The van der Waals surface area contributed by atoms with E-state index in [2.05, 4.69) is 73.3 Å². The highest BCUT2D eigenvalue weighted by molar-refractivity contribution is 6.82. The summed E-state index contributed by atoms with van der Waals surface area (Å²) in [6.45, 7) is 4.76. The van der Waals surface area contributed by atoms with Gasteiger partial charge in [0.05, 0.1) is 11.5 Å². The number of fused-ring (bicyclic) bond motifs is 1. The van der Waals surface area contributed by atoms with Crippen molar-refractivity contribution in [1.82, 2.24) is 0 Å². The normalized spacial score (nSPS) is 13.9. The first-order valence-corrected chi connectivity index (χ1v) is 7.79. The molecule has 3 heteroatoms. The molecule has 0 spiro atoms. The van der Waals surface area contributed by atoms with Crippen molar-refractivity contribution in [2.45, 2.75) is 33.0 Å². The Balaban J connectivity index is 2.06. The SMILES string of the molecule is CCCCB1c2ccccc2N=C(C)N1c1ccccc1. The second-order valence-corrected chi connectivity index (χ2v) is 5.58. The van der Waals surface area contributed by atoms with E-state index in [4.69, 9.17) is 4.99 Å². The zero-order chi connectivity index (χ0) is 14.7. The third-order valence-electron chi connectivity index (χ3n) is 4.10. The van der Waals surface area contributed by atoms with Crippen LogP contribution in [0.15, 0.2) is 59.6 Å². The Morgan fingerprint density at radius 2 is 1.71 bits per heavy atom. The number of rotatable bonds is 4. The Hall–Kier alpha value is -2.03. The molecule has 0 aromatic heterocycles. The van der Waals surface area contributed by atoms with Gasteiger partial charge in [0.2, 0.25) is 0 Å². The monoisotopic (exact) mass is 276 g/mol. The molecule has 21 heavy (non-hydrogen) atoms. The van der Waals surface area contributed by atoms with Crippen molar-refractivity contribution >= 4 is 29.5 Å². The molecule has 1 heterocycles. The molecule has 2 aromatic rings. The van der Waals surface area contributed by atoms with Crippen LogP contribution in [-0.2, 0) is 0 Å². The fourth-order valence-electron chi connectivity index (χ4n) is 3.10. The van der Waals surface area contributed by atoms with Crippen LogP contribution in [0.1, 0.15) is 26.7 Å². The Morgan fingerprint density at radius 3 is 2.48 bits per heavy atom. The number of hydrogen-bond donors (Lipinski definition) is 0. The molecular weight excluding hydrogens is 255 g/mol. The zero-order valence-corrected chi connectivity index (χ0v) is 12.8. The molecule has 2 nitrogen and oxygen atoms in total. The molecule has 0 unspecified atom stereocenters. The van der Waals surface area contributed by atoms with Crippen molar-refractivity contribution in [3.63, 3.8) is 0 Å². The molecule has 0 saturated carbocycles. The molecule has 1 aliphatic heterocycles. The number of aliphatic imine (C=N–C) groups is 1. The van der Waals surface area contributed by atoms with Crippen molar-refractivity contribution in [2.75, 3.05) is 4.81 Å². The summed E-state index contributed by atoms with van der Waals surface area (Å²) in [6.07, 6.45) is 3.61. The van der Waals surface area contributed by atoms with Gasteiger partial charge in [-0.15, -0.1) is 0 Å². The van der Waals surface area contributed by atoms with Crippen LogP contribution >= 0.6 is 0 Å². The summed E-state index contributed by atoms with van der Waals surface area (Å²) in [4.78, 5) is 7.19. The molecule has 2 aromatic carbocycles. The second-order valence-electron chi connectivity index (χ2n) is 5.58. The van der Waals surface area contributed by atoms with Gasteiger partial charge in [-0.25, -0.2) is 4.99 Å². The van der Waals surface area contributed by atoms with Crippen molar-refractivity contribution in [3.05, 3.63) is 54.6 Å². The van der Waals surface area contributed by atoms with E-state index < -0.39 is 0 Å². The molecule has 106 valence electrons. The first-order chi connectivity index (χ1) is 10.3. The van der Waals surface area contributed by atoms with E-state index in [1.54, 1.807) is 0 Å². The van der Waals surface area contributed by atoms with Gasteiger partial charge in [-0.05, 0) is 36.9 Å². The van der Waals surface area contributed by atoms with Crippen LogP contribution < -0.4 is 10.3 Å². The lowest BCUT2D eigenvalue weighted by Gasteiger charge is -2.35. The molecule has 0 N–H and O–H groups in total. The molecule has 0 bridgehead atoms. The average Bonchev–Trinajstić information content (AvgIpc) is 2.53. The van der Waals surface area contributed by atoms with Crippen LogP contribution in [0.3, 0.4) is 0 Å². The van der Waals surface area contributed by atoms with Gasteiger partial charge in [0.1, 0.15) is 0 Å². The van der Waals surface area contributed by atoms with Crippen LogP contribution in [0, 0.1) is 0 Å². The van der Waals surface area contributed by atoms with Crippen LogP contribution in [0.5, 0.6) is 0 Å². The number of para-hydroxylation sites is 2. The van der Waals surface area contributed by atoms with E-state index in [0.717, 1.165) is 17.8 Å². The third kappa shape index (κ3) is 2.73. The van der Waals surface area contributed by atoms with Crippen LogP contribution in [0.25, 0.3) is 0 Å². The molecule has 0 amide bonds. The maximum atomic E-state index is 4.80. The first-order valence-electron chi connectivity index (χ1n) is 7.79. The molecule has 3 rings (SSSR count). The number of benzene rings is 2. The Bertz CT molecular complexity index is 637. The van der Waals surface area contributed by atoms with E-state index in [9.17, 15) is 0 Å². The van der Waals surface area contributed by atoms with Crippen molar-refractivity contribution in [1.29, 1.82) is 0 Å². The highest BCUT2D eigenvalue weighted by atomic mass is 15.2. The van der Waals surface area contributed by atoms with Gasteiger partial charge in [0.25, 0.3) is 6.85 Å². The zero-order valence-electron chi connectivity index (χ0n) is 12.8. The largest absolute Gasteiger partial charge is 0.370 e. The highest BCUT2D eigenvalue weighted by Crippen LogP contribution is 2.26. The second kappa shape index (κ2) is 6.17. The lowest BCUT2D eigenvalue weighted by molar-refractivity contribution is 0.873. The van der Waals surface area contributed by atoms with E-state index in [1.807, 2.05) is 0 Å². The molecule has 0 aliphatic carbocycles. The summed E-state index contributed by atoms with van der Waals surface area (Å²) >= 11 is 0. The number of anilines is 1. The van der Waals surface area contributed by atoms with Gasteiger partial charge in [0, 0.05) is 5.69 Å². The number of nitrogens with zero attached hydrogens (tertiary/aromatic N) is 2. The summed E-state index contributed by atoms with van der Waals surface area (Å²) in [5, 5.41) is 0. The smallest absolute Gasteiger partial charge is 0.297 e. The predicted octanol–water partition coefficient (Wildman–Crippen LogP) is 4.26. The molecule has 0 radical (unpaired) electrons. The summed E-state index contributed by atoms with van der Waals surface area (Å²) in [6, 6.07) is 19.1. The minimum atomic E-state index is 0.390. The highest BCUT2D eigenvalue weighted by Gasteiger charge is 2.32. The predicted molar refractivity (Wildman–Crippen MR) is 93.2 cm³/mol. The van der Waals surface area contributed by atoms with Crippen molar-refractivity contribution in [2.24, 2.45) is 4.99 Å². The standard InChI is InChI=1S/C18H21BN2/c1-3-4-14-19-17-12-8-9-13-18(17)20-15(2)21(19)16-10-6-5-7-11-16/h5-13H,3-4,14H2,1-2H3. The molecule has 0 fully saturated rings. The topological polar surface area (TPSA) is 15.6 Å². The number of amidine groups is 1. The summed E-state index contributed by atoms with van der Waals surface area (Å²) in [5.74, 6) is 1.08. The maximum Gasteiger partial charge on any atom is 0.297 e.